The summed E-state index contributed by atoms with van der Waals surface area (Å²) in [6, 6.07) is 3.12. The summed E-state index contributed by atoms with van der Waals surface area (Å²) in [7, 11) is 0. The van der Waals surface area contributed by atoms with Gasteiger partial charge >= 0.3 is 12.4 Å². The number of likely N-dealkylation sites (tertiary alicyclic amines) is 1. The highest BCUT2D eigenvalue weighted by Gasteiger charge is 2.69. The van der Waals surface area contributed by atoms with E-state index in [9.17, 15) is 31.1 Å². The van der Waals surface area contributed by atoms with Gasteiger partial charge in [0.25, 0.3) is 5.91 Å². The molecule has 3 nitrogen and oxygen atoms in total. The SMILES string of the molecule is NC(c1ccc(C(=O)N2CCCCC2)cc1)(C(F)(F)F)C(F)(F)F. The maximum Gasteiger partial charge on any atom is 0.419 e. The van der Waals surface area contributed by atoms with Crippen LogP contribution in [-0.4, -0.2) is 36.2 Å². The van der Waals surface area contributed by atoms with Crippen molar-refractivity contribution in [3.8, 4) is 0 Å². The largest absolute Gasteiger partial charge is 0.419 e. The summed E-state index contributed by atoms with van der Waals surface area (Å²) in [5.41, 5.74) is -0.903. The molecule has 0 aliphatic carbocycles. The van der Waals surface area contributed by atoms with Gasteiger partial charge in [0.05, 0.1) is 0 Å². The minimum atomic E-state index is -5.72. The van der Waals surface area contributed by atoms with E-state index in [4.69, 9.17) is 5.73 Å². The molecule has 0 atom stereocenters. The summed E-state index contributed by atoms with van der Waals surface area (Å²) in [6.45, 7) is 1.04. The zero-order chi connectivity index (χ0) is 18.2. The molecule has 1 amide bonds. The molecule has 1 aromatic rings. The van der Waals surface area contributed by atoms with Crippen molar-refractivity contribution >= 4 is 5.91 Å². The molecule has 1 aliphatic heterocycles. The molecule has 2 rings (SSSR count). The van der Waals surface area contributed by atoms with Crippen molar-refractivity contribution in [3.05, 3.63) is 35.4 Å². The van der Waals surface area contributed by atoms with Crippen LogP contribution in [0.4, 0.5) is 26.3 Å². The van der Waals surface area contributed by atoms with E-state index in [0.29, 0.717) is 25.2 Å². The lowest BCUT2D eigenvalue weighted by Crippen LogP contribution is -2.60. The maximum atomic E-state index is 12.9. The molecule has 0 saturated carbocycles. The van der Waals surface area contributed by atoms with Crippen LogP contribution in [0.1, 0.15) is 35.2 Å². The van der Waals surface area contributed by atoms with Gasteiger partial charge in [-0.05, 0) is 37.0 Å². The fourth-order valence-electron chi connectivity index (χ4n) is 2.64. The standard InChI is InChI=1S/C15H16F6N2O/c16-14(17,18)13(22,15(19,20)21)11-6-4-10(5-7-11)12(24)23-8-2-1-3-9-23/h4-7H,1-3,8-9,22H2. The van der Waals surface area contributed by atoms with Crippen molar-refractivity contribution < 1.29 is 31.1 Å². The zero-order valence-corrected chi connectivity index (χ0v) is 12.5. The number of hydrogen-bond acceptors (Lipinski definition) is 2. The first-order valence-electron chi connectivity index (χ1n) is 7.30. The monoisotopic (exact) mass is 354 g/mol. The van der Waals surface area contributed by atoms with Crippen LogP contribution in [-0.2, 0) is 5.54 Å². The van der Waals surface area contributed by atoms with Crippen LogP contribution in [0.5, 0.6) is 0 Å². The molecule has 1 saturated heterocycles. The van der Waals surface area contributed by atoms with Crippen LogP contribution in [0.15, 0.2) is 24.3 Å². The smallest absolute Gasteiger partial charge is 0.339 e. The van der Waals surface area contributed by atoms with Gasteiger partial charge in [0, 0.05) is 18.7 Å². The van der Waals surface area contributed by atoms with Gasteiger partial charge in [0.1, 0.15) is 0 Å². The molecule has 24 heavy (non-hydrogen) atoms. The Morgan fingerprint density at radius 2 is 1.33 bits per heavy atom. The second-order valence-corrected chi connectivity index (χ2v) is 5.73. The van der Waals surface area contributed by atoms with Crippen molar-refractivity contribution in [2.45, 2.75) is 37.2 Å². The van der Waals surface area contributed by atoms with Gasteiger partial charge in [-0.1, -0.05) is 12.1 Å². The van der Waals surface area contributed by atoms with E-state index in [-0.39, 0.29) is 5.56 Å². The molecule has 0 unspecified atom stereocenters. The van der Waals surface area contributed by atoms with Crippen molar-refractivity contribution in [3.63, 3.8) is 0 Å². The van der Waals surface area contributed by atoms with Crippen LogP contribution in [0.2, 0.25) is 0 Å². The van der Waals surface area contributed by atoms with Crippen molar-refractivity contribution in [1.82, 2.24) is 4.90 Å². The van der Waals surface area contributed by atoms with E-state index in [1.807, 2.05) is 0 Å². The molecule has 1 fully saturated rings. The Labute approximate surface area is 134 Å². The zero-order valence-electron chi connectivity index (χ0n) is 12.5. The third-order valence-corrected chi connectivity index (χ3v) is 4.12. The fourth-order valence-corrected chi connectivity index (χ4v) is 2.64. The van der Waals surface area contributed by atoms with E-state index < -0.39 is 29.4 Å². The Bertz CT molecular complexity index is 573. The highest BCUT2D eigenvalue weighted by atomic mass is 19.4. The molecule has 1 aromatic carbocycles. The highest BCUT2D eigenvalue weighted by Crippen LogP contribution is 2.48. The lowest BCUT2D eigenvalue weighted by Gasteiger charge is -2.34. The number of hydrogen-bond donors (Lipinski definition) is 1. The average molecular weight is 354 g/mol. The van der Waals surface area contributed by atoms with Crippen LogP contribution >= 0.6 is 0 Å². The summed E-state index contributed by atoms with van der Waals surface area (Å²) >= 11 is 0. The van der Waals surface area contributed by atoms with Gasteiger partial charge in [-0.25, -0.2) is 0 Å². The number of nitrogens with two attached hydrogens (primary N) is 1. The molecular weight excluding hydrogens is 338 g/mol. The second kappa shape index (κ2) is 6.27. The van der Waals surface area contributed by atoms with E-state index >= 15 is 0 Å². The van der Waals surface area contributed by atoms with Crippen molar-refractivity contribution in [2.24, 2.45) is 5.73 Å². The normalized spacial score (nSPS) is 17.0. The molecule has 134 valence electrons. The van der Waals surface area contributed by atoms with Crippen LogP contribution in [0.25, 0.3) is 0 Å². The predicted molar refractivity (Wildman–Crippen MR) is 74.2 cm³/mol. The molecule has 0 radical (unpaired) electrons. The Hall–Kier alpha value is -1.77. The number of carbonyl (C=O) groups excluding carboxylic acids is 1. The van der Waals surface area contributed by atoms with Gasteiger partial charge in [-0.3, -0.25) is 4.79 Å². The third-order valence-electron chi connectivity index (χ3n) is 4.12. The van der Waals surface area contributed by atoms with E-state index in [1.165, 1.54) is 4.90 Å². The summed E-state index contributed by atoms with van der Waals surface area (Å²) in [6.07, 6.45) is -8.82. The Kier molecular flexibility index (Phi) is 4.85. The molecule has 9 heteroatoms. The molecule has 0 spiro atoms. The lowest BCUT2D eigenvalue weighted by molar-refractivity contribution is -0.301. The number of alkyl halides is 6. The number of rotatable bonds is 2. The topological polar surface area (TPSA) is 46.3 Å². The van der Waals surface area contributed by atoms with Crippen LogP contribution in [0, 0.1) is 0 Å². The van der Waals surface area contributed by atoms with Gasteiger partial charge in [0.2, 0.25) is 5.54 Å². The molecule has 0 bridgehead atoms. The number of nitrogens with zero attached hydrogens (tertiary/aromatic N) is 1. The molecule has 1 aliphatic rings. The first-order valence-corrected chi connectivity index (χ1v) is 7.30. The van der Waals surface area contributed by atoms with Gasteiger partial charge in [-0.15, -0.1) is 0 Å². The fraction of sp³-hybridized carbons (Fsp3) is 0.533. The maximum absolute atomic E-state index is 12.9. The number of benzene rings is 1. The summed E-state index contributed by atoms with van der Waals surface area (Å²) in [5.74, 6) is -0.414. The minimum absolute atomic E-state index is 0.0346. The summed E-state index contributed by atoms with van der Waals surface area (Å²) in [4.78, 5) is 13.7. The first-order chi connectivity index (χ1) is 11.0. The van der Waals surface area contributed by atoms with Crippen LogP contribution in [0.3, 0.4) is 0 Å². The van der Waals surface area contributed by atoms with E-state index in [2.05, 4.69) is 0 Å². The van der Waals surface area contributed by atoms with Gasteiger partial charge in [0.15, 0.2) is 0 Å². The lowest BCUT2D eigenvalue weighted by atomic mass is 9.88. The second-order valence-electron chi connectivity index (χ2n) is 5.73. The van der Waals surface area contributed by atoms with Crippen LogP contribution < -0.4 is 5.73 Å². The first kappa shape index (κ1) is 18.6. The van der Waals surface area contributed by atoms with Crippen molar-refractivity contribution in [1.29, 1.82) is 0 Å². The molecule has 0 aromatic heterocycles. The number of carbonyl (C=O) groups is 1. The van der Waals surface area contributed by atoms with E-state index in [0.717, 1.165) is 31.4 Å². The number of halogens is 6. The highest BCUT2D eigenvalue weighted by molar-refractivity contribution is 5.94. The van der Waals surface area contributed by atoms with E-state index in [1.54, 1.807) is 0 Å². The van der Waals surface area contributed by atoms with Gasteiger partial charge < -0.3 is 10.6 Å². The molecular formula is C15H16F6N2O. The minimum Gasteiger partial charge on any atom is -0.339 e. The summed E-state index contributed by atoms with van der Waals surface area (Å²) < 4.78 is 77.5. The Morgan fingerprint density at radius 3 is 1.75 bits per heavy atom. The average Bonchev–Trinajstić information content (AvgIpc) is 2.52. The van der Waals surface area contributed by atoms with Gasteiger partial charge in [-0.2, -0.15) is 26.3 Å². The van der Waals surface area contributed by atoms with Crippen molar-refractivity contribution in [2.75, 3.05) is 13.1 Å². The number of piperidine rings is 1. The Morgan fingerprint density at radius 1 is 0.875 bits per heavy atom. The third kappa shape index (κ3) is 3.22. The number of amides is 1. The quantitative estimate of drug-likeness (QED) is 0.825. The Balaban J connectivity index is 2.32. The molecule has 1 heterocycles. The summed E-state index contributed by atoms with van der Waals surface area (Å²) in [5, 5.41) is 0. The molecule has 2 N–H and O–H groups in total. The predicted octanol–water partition coefficient (Wildman–Crippen LogP) is 3.59.